The molecule has 158 valence electrons. The van der Waals surface area contributed by atoms with Crippen molar-refractivity contribution in [3.05, 3.63) is 80.3 Å². The summed E-state index contributed by atoms with van der Waals surface area (Å²) in [6, 6.07) is 12.5. The number of non-ortho nitro benzene ring substituents is 1. The van der Waals surface area contributed by atoms with Crippen molar-refractivity contribution in [3.8, 4) is 5.69 Å². The minimum Gasteiger partial charge on any atom is -0.283 e. The van der Waals surface area contributed by atoms with E-state index in [-0.39, 0.29) is 22.2 Å². The van der Waals surface area contributed by atoms with E-state index in [2.05, 4.69) is 4.72 Å². The second-order valence-corrected chi connectivity index (χ2v) is 8.85. The lowest BCUT2D eigenvalue weighted by molar-refractivity contribution is -0.385. The van der Waals surface area contributed by atoms with Gasteiger partial charge in [-0.15, -0.1) is 0 Å². The quantitative estimate of drug-likeness (QED) is 0.476. The molecule has 0 saturated carbocycles. The third-order valence-corrected chi connectivity index (χ3v) is 6.26. The largest absolute Gasteiger partial charge is 0.296 e. The van der Waals surface area contributed by atoms with E-state index in [1.165, 1.54) is 23.7 Å². The van der Waals surface area contributed by atoms with E-state index in [1.807, 2.05) is 19.9 Å². The second kappa shape index (κ2) is 7.79. The molecule has 1 heterocycles. The van der Waals surface area contributed by atoms with Gasteiger partial charge < -0.3 is 0 Å². The van der Waals surface area contributed by atoms with Gasteiger partial charge in [0.25, 0.3) is 21.3 Å². The monoisotopic (exact) mass is 430 g/mol. The zero-order chi connectivity index (χ0) is 22.2. The number of nitrogens with zero attached hydrogens (tertiary/aromatic N) is 3. The van der Waals surface area contributed by atoms with Crippen LogP contribution in [0.25, 0.3) is 5.69 Å². The van der Waals surface area contributed by atoms with Gasteiger partial charge in [0.2, 0.25) is 0 Å². The molecular formula is C20H22N4O5S. The van der Waals surface area contributed by atoms with Crippen LogP contribution in [0.5, 0.6) is 0 Å². The van der Waals surface area contributed by atoms with Crippen LogP contribution in [0.2, 0.25) is 0 Å². The molecule has 0 fully saturated rings. The lowest BCUT2D eigenvalue weighted by atomic mass is 10.1. The zero-order valence-electron chi connectivity index (χ0n) is 17.0. The van der Waals surface area contributed by atoms with Crippen LogP contribution in [-0.4, -0.2) is 22.7 Å². The maximum Gasteiger partial charge on any atom is 0.296 e. The van der Waals surface area contributed by atoms with Gasteiger partial charge in [0.05, 0.1) is 21.2 Å². The number of hydrogen-bond donors (Lipinski definition) is 1. The van der Waals surface area contributed by atoms with Crippen LogP contribution in [0.15, 0.2) is 58.2 Å². The van der Waals surface area contributed by atoms with Gasteiger partial charge in [-0.05, 0) is 30.5 Å². The molecule has 0 aliphatic carbocycles. The first-order chi connectivity index (χ1) is 14.0. The van der Waals surface area contributed by atoms with Gasteiger partial charge in [-0.1, -0.05) is 38.1 Å². The summed E-state index contributed by atoms with van der Waals surface area (Å²) in [6.45, 7) is 5.23. The average Bonchev–Trinajstić information content (AvgIpc) is 2.91. The van der Waals surface area contributed by atoms with E-state index >= 15 is 0 Å². The van der Waals surface area contributed by atoms with Crippen molar-refractivity contribution in [2.75, 3.05) is 4.72 Å². The molecule has 9 nitrogen and oxygen atoms in total. The van der Waals surface area contributed by atoms with Crippen LogP contribution in [0, 0.1) is 17.0 Å². The lowest BCUT2D eigenvalue weighted by Crippen LogP contribution is -2.23. The van der Waals surface area contributed by atoms with Crippen molar-refractivity contribution >= 4 is 21.4 Å². The smallest absolute Gasteiger partial charge is 0.283 e. The van der Waals surface area contributed by atoms with Crippen LogP contribution >= 0.6 is 0 Å². The van der Waals surface area contributed by atoms with Crippen molar-refractivity contribution in [2.45, 2.75) is 31.6 Å². The summed E-state index contributed by atoms with van der Waals surface area (Å²) in [4.78, 5) is 23.4. The molecule has 0 spiro atoms. The molecule has 1 N–H and O–H groups in total. The normalized spacial score (nSPS) is 11.6. The minimum atomic E-state index is -4.25. The number of aryl methyl sites for hydroxylation is 1. The highest BCUT2D eigenvalue weighted by Gasteiger charge is 2.27. The predicted molar refractivity (Wildman–Crippen MR) is 114 cm³/mol. The molecule has 10 heteroatoms. The van der Waals surface area contributed by atoms with E-state index in [4.69, 9.17) is 0 Å². The van der Waals surface area contributed by atoms with Crippen LogP contribution in [-0.2, 0) is 17.1 Å². The fourth-order valence-corrected chi connectivity index (χ4v) is 4.76. The highest BCUT2D eigenvalue weighted by atomic mass is 32.2. The molecule has 0 atom stereocenters. The van der Waals surface area contributed by atoms with Gasteiger partial charge in [0, 0.05) is 19.2 Å². The van der Waals surface area contributed by atoms with Crippen LogP contribution in [0.1, 0.15) is 31.0 Å². The first-order valence-electron chi connectivity index (χ1n) is 9.19. The van der Waals surface area contributed by atoms with Crippen LogP contribution in [0.3, 0.4) is 0 Å². The number of rotatable bonds is 6. The molecule has 0 aliphatic heterocycles. The van der Waals surface area contributed by atoms with Crippen molar-refractivity contribution < 1.29 is 13.3 Å². The minimum absolute atomic E-state index is 0.0812. The first kappa shape index (κ1) is 21.3. The molecule has 0 bridgehead atoms. The van der Waals surface area contributed by atoms with Crippen LogP contribution < -0.4 is 10.3 Å². The molecule has 0 unspecified atom stereocenters. The number of nitro benzene ring substituents is 1. The molecule has 0 saturated heterocycles. The topological polar surface area (TPSA) is 116 Å². The number of aromatic nitrogens is 2. The molecule has 0 amide bonds. The summed E-state index contributed by atoms with van der Waals surface area (Å²) in [5, 5.41) is 11.1. The number of para-hydroxylation sites is 1. The van der Waals surface area contributed by atoms with Gasteiger partial charge in [0.1, 0.15) is 5.69 Å². The van der Waals surface area contributed by atoms with E-state index in [9.17, 15) is 23.3 Å². The Morgan fingerprint density at radius 2 is 1.73 bits per heavy atom. The van der Waals surface area contributed by atoms with Crippen LogP contribution in [0.4, 0.5) is 11.4 Å². The third-order valence-electron chi connectivity index (χ3n) is 4.77. The highest BCUT2D eigenvalue weighted by Crippen LogP contribution is 2.28. The molecule has 30 heavy (non-hydrogen) atoms. The molecule has 3 rings (SSSR count). The molecule has 1 aromatic heterocycles. The van der Waals surface area contributed by atoms with E-state index in [0.29, 0.717) is 16.9 Å². The fraction of sp³-hybridized carbons (Fsp3) is 0.250. The number of anilines is 1. The fourth-order valence-electron chi connectivity index (χ4n) is 3.42. The standard InChI is InChI=1S/C20H22N4O5S/c1-13(2)19-18(20(25)23(22(19)4)15-8-6-5-7-9-15)21-30(28,29)17-12-16(24(26)27)11-10-14(17)3/h5-13,21H,1-4H3. The van der Waals surface area contributed by atoms with Gasteiger partial charge in [0.15, 0.2) is 0 Å². The maximum atomic E-state index is 13.2. The van der Waals surface area contributed by atoms with Crippen molar-refractivity contribution in [1.82, 2.24) is 9.36 Å². The van der Waals surface area contributed by atoms with E-state index in [0.717, 1.165) is 6.07 Å². The van der Waals surface area contributed by atoms with Gasteiger partial charge >= 0.3 is 0 Å². The van der Waals surface area contributed by atoms with Crippen molar-refractivity contribution in [1.29, 1.82) is 0 Å². The van der Waals surface area contributed by atoms with Gasteiger partial charge in [-0.3, -0.25) is 24.3 Å². The highest BCUT2D eigenvalue weighted by molar-refractivity contribution is 7.92. The second-order valence-electron chi connectivity index (χ2n) is 7.20. The number of nitrogens with one attached hydrogen (secondary N) is 1. The number of nitro groups is 1. The number of benzene rings is 2. The Kier molecular flexibility index (Phi) is 5.53. The molecular weight excluding hydrogens is 408 g/mol. The Hall–Kier alpha value is -3.40. The van der Waals surface area contributed by atoms with Gasteiger partial charge in [-0.2, -0.15) is 0 Å². The van der Waals surface area contributed by atoms with E-state index < -0.39 is 20.5 Å². The maximum absolute atomic E-state index is 13.2. The Morgan fingerprint density at radius 1 is 1.10 bits per heavy atom. The third kappa shape index (κ3) is 3.73. The number of hydrogen-bond acceptors (Lipinski definition) is 5. The van der Waals surface area contributed by atoms with E-state index in [1.54, 1.807) is 36.0 Å². The molecule has 0 aliphatic rings. The Balaban J connectivity index is 2.19. The Labute approximate surface area is 173 Å². The SMILES string of the molecule is Cc1ccc([N+](=O)[O-])cc1S(=O)(=O)Nc1c(C(C)C)n(C)n(-c2ccccc2)c1=O. The summed E-state index contributed by atoms with van der Waals surface area (Å²) in [6.07, 6.45) is 0. The summed E-state index contributed by atoms with van der Waals surface area (Å²) in [5.41, 5.74) is 0.457. The summed E-state index contributed by atoms with van der Waals surface area (Å²) in [5.74, 6) is -0.170. The summed E-state index contributed by atoms with van der Waals surface area (Å²) in [7, 11) is -2.56. The average molecular weight is 430 g/mol. The number of sulfonamides is 1. The Morgan fingerprint density at radius 3 is 2.30 bits per heavy atom. The van der Waals surface area contributed by atoms with Crippen molar-refractivity contribution in [3.63, 3.8) is 0 Å². The predicted octanol–water partition coefficient (Wildman–Crippen LogP) is 3.32. The zero-order valence-corrected chi connectivity index (χ0v) is 17.8. The van der Waals surface area contributed by atoms with Gasteiger partial charge in [-0.25, -0.2) is 13.1 Å². The first-order valence-corrected chi connectivity index (χ1v) is 10.7. The summed E-state index contributed by atoms with van der Waals surface area (Å²) < 4.78 is 31.6. The molecule has 0 radical (unpaired) electrons. The molecule has 3 aromatic rings. The molecule has 2 aromatic carbocycles. The van der Waals surface area contributed by atoms with Crippen molar-refractivity contribution in [2.24, 2.45) is 7.05 Å². The Bertz CT molecular complexity index is 1270. The lowest BCUT2D eigenvalue weighted by Gasteiger charge is -2.14. The summed E-state index contributed by atoms with van der Waals surface area (Å²) >= 11 is 0.